The van der Waals surface area contributed by atoms with Gasteiger partial charge in [0.2, 0.25) is 5.91 Å². The van der Waals surface area contributed by atoms with Crippen molar-refractivity contribution >= 4 is 22.5 Å². The van der Waals surface area contributed by atoms with Crippen molar-refractivity contribution in [2.24, 2.45) is 0 Å². The van der Waals surface area contributed by atoms with Crippen LogP contribution in [0.4, 0.5) is 5.69 Å². The molecule has 24 heavy (non-hydrogen) atoms. The molecule has 0 radical (unpaired) electrons. The zero-order valence-corrected chi connectivity index (χ0v) is 14.4. The van der Waals surface area contributed by atoms with Crippen LogP contribution in [0.2, 0.25) is 0 Å². The van der Waals surface area contributed by atoms with E-state index in [9.17, 15) is 4.79 Å². The van der Waals surface area contributed by atoms with Crippen LogP contribution in [0.3, 0.4) is 0 Å². The lowest BCUT2D eigenvalue weighted by Gasteiger charge is -2.17. The van der Waals surface area contributed by atoms with Gasteiger partial charge in [0.25, 0.3) is 0 Å². The normalized spacial score (nSPS) is 11.6. The summed E-state index contributed by atoms with van der Waals surface area (Å²) in [5, 5.41) is 4.09. The SMILES string of the molecule is CC(C)(C)c1ccc(CCC(=O)Nc2ccc3cc[nH]c3c2)cn1. The van der Waals surface area contributed by atoms with Gasteiger partial charge in [0.1, 0.15) is 0 Å². The Labute approximate surface area is 142 Å². The third kappa shape index (κ3) is 3.82. The van der Waals surface area contributed by atoms with Gasteiger partial charge in [-0.25, -0.2) is 0 Å². The number of benzene rings is 1. The van der Waals surface area contributed by atoms with Crippen LogP contribution in [0, 0.1) is 0 Å². The Bertz CT molecular complexity index is 841. The minimum Gasteiger partial charge on any atom is -0.361 e. The number of hydrogen-bond acceptors (Lipinski definition) is 2. The first kappa shape index (κ1) is 16.2. The predicted molar refractivity (Wildman–Crippen MR) is 98.2 cm³/mol. The maximum atomic E-state index is 12.1. The summed E-state index contributed by atoms with van der Waals surface area (Å²) in [5.41, 5.74) is 4.03. The largest absolute Gasteiger partial charge is 0.361 e. The first-order valence-electron chi connectivity index (χ1n) is 8.24. The molecule has 0 saturated heterocycles. The fourth-order valence-corrected chi connectivity index (χ4v) is 2.62. The highest BCUT2D eigenvalue weighted by Crippen LogP contribution is 2.20. The minimum absolute atomic E-state index is 0.0146. The van der Waals surface area contributed by atoms with E-state index in [-0.39, 0.29) is 11.3 Å². The van der Waals surface area contributed by atoms with Gasteiger partial charge in [0, 0.05) is 41.1 Å². The maximum absolute atomic E-state index is 12.1. The molecule has 0 bridgehead atoms. The van der Waals surface area contributed by atoms with E-state index in [0.29, 0.717) is 12.8 Å². The number of nitrogens with one attached hydrogen (secondary N) is 2. The zero-order valence-electron chi connectivity index (χ0n) is 14.4. The topological polar surface area (TPSA) is 57.8 Å². The summed E-state index contributed by atoms with van der Waals surface area (Å²) in [6.45, 7) is 6.43. The van der Waals surface area contributed by atoms with Gasteiger partial charge in [0.05, 0.1) is 0 Å². The number of anilines is 1. The monoisotopic (exact) mass is 321 g/mol. The van der Waals surface area contributed by atoms with Crippen molar-refractivity contribution in [2.45, 2.75) is 39.0 Å². The molecule has 4 nitrogen and oxygen atoms in total. The van der Waals surface area contributed by atoms with Crippen LogP contribution in [0.1, 0.15) is 38.4 Å². The van der Waals surface area contributed by atoms with E-state index in [1.54, 1.807) is 0 Å². The van der Waals surface area contributed by atoms with Crippen molar-refractivity contribution in [3.05, 3.63) is 60.0 Å². The molecule has 0 aliphatic heterocycles. The predicted octanol–water partition coefficient (Wildman–Crippen LogP) is 4.43. The number of H-pyrrole nitrogens is 1. The summed E-state index contributed by atoms with van der Waals surface area (Å²) < 4.78 is 0. The number of fused-ring (bicyclic) bond motifs is 1. The van der Waals surface area contributed by atoms with E-state index in [4.69, 9.17) is 0 Å². The third-order valence-corrected chi connectivity index (χ3v) is 4.07. The highest BCUT2D eigenvalue weighted by atomic mass is 16.1. The van der Waals surface area contributed by atoms with Gasteiger partial charge in [0.15, 0.2) is 0 Å². The number of aromatic nitrogens is 2. The van der Waals surface area contributed by atoms with Crippen LogP contribution >= 0.6 is 0 Å². The fourth-order valence-electron chi connectivity index (χ4n) is 2.62. The molecule has 0 atom stereocenters. The molecule has 4 heteroatoms. The number of rotatable bonds is 4. The van der Waals surface area contributed by atoms with Crippen molar-refractivity contribution in [3.8, 4) is 0 Å². The minimum atomic E-state index is 0.0146. The molecule has 0 saturated carbocycles. The molecule has 0 fully saturated rings. The summed E-state index contributed by atoms with van der Waals surface area (Å²) in [5.74, 6) is 0.0146. The van der Waals surface area contributed by atoms with Crippen LogP contribution in [0.15, 0.2) is 48.8 Å². The Morgan fingerprint density at radius 1 is 1.17 bits per heavy atom. The summed E-state index contributed by atoms with van der Waals surface area (Å²) >= 11 is 0. The summed E-state index contributed by atoms with van der Waals surface area (Å²) in [4.78, 5) is 19.8. The van der Waals surface area contributed by atoms with Crippen molar-refractivity contribution in [1.29, 1.82) is 0 Å². The molecule has 0 aliphatic carbocycles. The van der Waals surface area contributed by atoms with E-state index in [2.05, 4.69) is 42.1 Å². The molecule has 2 heterocycles. The van der Waals surface area contributed by atoms with Crippen LogP contribution in [-0.2, 0) is 16.6 Å². The number of hydrogen-bond donors (Lipinski definition) is 2. The molecule has 1 amide bonds. The Hall–Kier alpha value is -2.62. The summed E-state index contributed by atoms with van der Waals surface area (Å²) in [6, 6.07) is 12.0. The number of carbonyl (C=O) groups excluding carboxylic acids is 1. The molecule has 3 aromatic rings. The van der Waals surface area contributed by atoms with Gasteiger partial charge in [-0.15, -0.1) is 0 Å². The van der Waals surface area contributed by atoms with E-state index in [1.165, 1.54) is 0 Å². The standard InChI is InChI=1S/C20H23N3O/c1-20(2,3)18-8-4-14(13-22-18)5-9-19(24)23-16-7-6-15-10-11-21-17(15)12-16/h4,6-8,10-13,21H,5,9H2,1-3H3,(H,23,24). The Morgan fingerprint density at radius 3 is 2.71 bits per heavy atom. The average Bonchev–Trinajstić information content (AvgIpc) is 3.00. The molecule has 124 valence electrons. The van der Waals surface area contributed by atoms with Crippen LogP contribution < -0.4 is 5.32 Å². The number of carbonyl (C=O) groups is 1. The van der Waals surface area contributed by atoms with E-state index >= 15 is 0 Å². The fraction of sp³-hybridized carbons (Fsp3) is 0.300. The molecule has 3 rings (SSSR count). The van der Waals surface area contributed by atoms with E-state index < -0.39 is 0 Å². The van der Waals surface area contributed by atoms with E-state index in [1.807, 2.05) is 42.7 Å². The quantitative estimate of drug-likeness (QED) is 0.747. The number of nitrogens with zero attached hydrogens (tertiary/aromatic N) is 1. The van der Waals surface area contributed by atoms with Gasteiger partial charge in [-0.2, -0.15) is 0 Å². The molecular formula is C20H23N3O. The Morgan fingerprint density at radius 2 is 2.00 bits per heavy atom. The first-order valence-corrected chi connectivity index (χ1v) is 8.24. The van der Waals surface area contributed by atoms with Crippen molar-refractivity contribution in [2.75, 3.05) is 5.32 Å². The van der Waals surface area contributed by atoms with Crippen molar-refractivity contribution < 1.29 is 4.79 Å². The second-order valence-corrected chi connectivity index (χ2v) is 7.13. The smallest absolute Gasteiger partial charge is 0.224 e. The highest BCUT2D eigenvalue weighted by molar-refractivity contribution is 5.93. The molecule has 0 unspecified atom stereocenters. The zero-order chi connectivity index (χ0) is 17.2. The van der Waals surface area contributed by atoms with Crippen molar-refractivity contribution in [1.82, 2.24) is 9.97 Å². The number of amides is 1. The Balaban J connectivity index is 1.57. The molecule has 1 aromatic carbocycles. The lowest BCUT2D eigenvalue weighted by Crippen LogP contribution is -2.14. The van der Waals surface area contributed by atoms with E-state index in [0.717, 1.165) is 27.8 Å². The van der Waals surface area contributed by atoms with Crippen LogP contribution in [0.25, 0.3) is 10.9 Å². The van der Waals surface area contributed by atoms with Crippen LogP contribution in [0.5, 0.6) is 0 Å². The van der Waals surface area contributed by atoms with Crippen LogP contribution in [-0.4, -0.2) is 15.9 Å². The van der Waals surface area contributed by atoms with Gasteiger partial charge in [-0.3, -0.25) is 9.78 Å². The number of aromatic amines is 1. The molecule has 2 aromatic heterocycles. The lowest BCUT2D eigenvalue weighted by molar-refractivity contribution is -0.116. The van der Waals surface area contributed by atoms with Crippen molar-refractivity contribution in [3.63, 3.8) is 0 Å². The summed E-state index contributed by atoms with van der Waals surface area (Å²) in [7, 11) is 0. The molecular weight excluding hydrogens is 298 g/mol. The third-order valence-electron chi connectivity index (χ3n) is 4.07. The molecule has 2 N–H and O–H groups in total. The lowest BCUT2D eigenvalue weighted by atomic mass is 9.91. The summed E-state index contributed by atoms with van der Waals surface area (Å²) in [6.07, 6.45) is 4.90. The van der Waals surface area contributed by atoms with Gasteiger partial charge in [-0.1, -0.05) is 32.9 Å². The number of pyridine rings is 1. The Kier molecular flexibility index (Phi) is 4.38. The molecule has 0 aliphatic rings. The van der Waals surface area contributed by atoms with Gasteiger partial charge in [-0.05, 0) is 41.6 Å². The second kappa shape index (κ2) is 6.48. The molecule has 0 spiro atoms. The maximum Gasteiger partial charge on any atom is 0.224 e. The highest BCUT2D eigenvalue weighted by Gasteiger charge is 2.14. The number of aryl methyl sites for hydroxylation is 1. The average molecular weight is 321 g/mol. The first-order chi connectivity index (χ1) is 11.4. The second-order valence-electron chi connectivity index (χ2n) is 7.13. The van der Waals surface area contributed by atoms with Gasteiger partial charge < -0.3 is 10.3 Å². The van der Waals surface area contributed by atoms with Gasteiger partial charge >= 0.3 is 0 Å².